The van der Waals surface area contributed by atoms with E-state index in [0.717, 1.165) is 32.6 Å². The Morgan fingerprint density at radius 3 is 2.77 bits per heavy atom. The minimum absolute atomic E-state index is 0.280. The van der Waals surface area contributed by atoms with Gasteiger partial charge in [0.2, 0.25) is 0 Å². The number of halogens is 1. The molecule has 1 aliphatic rings. The van der Waals surface area contributed by atoms with Crippen molar-refractivity contribution in [2.45, 2.75) is 6.04 Å². The maximum absolute atomic E-state index is 10.1. The molecule has 3 aromatic heterocycles. The highest BCUT2D eigenvalue weighted by Gasteiger charge is 2.24. The molecule has 4 heterocycles. The lowest BCUT2D eigenvalue weighted by molar-refractivity contribution is -0.184. The third kappa shape index (κ3) is 3.88. The molecule has 3 N–H and O–H groups in total. The number of anilines is 1. The molecule has 0 aliphatic carbocycles. The topological polar surface area (TPSA) is 110 Å². The van der Waals surface area contributed by atoms with E-state index in [0.29, 0.717) is 36.6 Å². The second-order valence-corrected chi connectivity index (χ2v) is 8.16. The van der Waals surface area contributed by atoms with E-state index in [1.54, 1.807) is 6.20 Å². The van der Waals surface area contributed by atoms with E-state index >= 15 is 0 Å². The van der Waals surface area contributed by atoms with Crippen LogP contribution >= 0.6 is 15.9 Å². The first-order valence-corrected chi connectivity index (χ1v) is 10.6. The molecular weight excluding hydrogens is 460 g/mol. The lowest BCUT2D eigenvalue weighted by Gasteiger charge is -2.29. The number of pyridine rings is 2. The van der Waals surface area contributed by atoms with Gasteiger partial charge in [0.1, 0.15) is 18.2 Å². The van der Waals surface area contributed by atoms with Gasteiger partial charge >= 0.3 is 0 Å². The Labute approximate surface area is 186 Å². The van der Waals surface area contributed by atoms with E-state index in [4.69, 9.17) is 15.5 Å². The first-order valence-electron chi connectivity index (χ1n) is 9.77. The smallest absolute Gasteiger partial charge is 0.165 e. The number of hydroxylamine groups is 2. The van der Waals surface area contributed by atoms with Crippen LogP contribution < -0.4 is 5.73 Å². The van der Waals surface area contributed by atoms with Gasteiger partial charge in [-0.1, -0.05) is 28.1 Å². The van der Waals surface area contributed by atoms with Gasteiger partial charge in [0, 0.05) is 22.8 Å². The van der Waals surface area contributed by atoms with Crippen LogP contribution in [0.25, 0.3) is 33.4 Å². The second-order valence-electron chi connectivity index (χ2n) is 7.25. The largest absolute Gasteiger partial charge is 0.383 e. The lowest BCUT2D eigenvalue weighted by atomic mass is 10.00. The number of benzene rings is 1. The third-order valence-electron chi connectivity index (χ3n) is 5.29. The van der Waals surface area contributed by atoms with Crippen LogP contribution in [-0.4, -0.2) is 50.0 Å². The van der Waals surface area contributed by atoms with Crippen molar-refractivity contribution in [3.05, 3.63) is 65.2 Å². The molecule has 1 aromatic carbocycles. The number of nitrogens with two attached hydrogens (primary N) is 1. The average molecular weight is 479 g/mol. The molecule has 1 unspecified atom stereocenters. The van der Waals surface area contributed by atoms with Crippen molar-refractivity contribution in [2.24, 2.45) is 0 Å². The predicted octanol–water partition coefficient (Wildman–Crippen LogP) is 3.86. The summed E-state index contributed by atoms with van der Waals surface area (Å²) in [5.41, 5.74) is 10.9. The zero-order valence-corrected chi connectivity index (χ0v) is 18.0. The van der Waals surface area contributed by atoms with Crippen molar-refractivity contribution in [1.29, 1.82) is 0 Å². The van der Waals surface area contributed by atoms with Gasteiger partial charge in [-0.15, -0.1) is 0 Å². The van der Waals surface area contributed by atoms with Gasteiger partial charge < -0.3 is 15.7 Å². The zero-order valence-electron chi connectivity index (χ0n) is 16.4. The molecule has 9 heteroatoms. The van der Waals surface area contributed by atoms with Gasteiger partial charge in [0.15, 0.2) is 5.65 Å². The molecule has 1 aliphatic heterocycles. The Balaban J connectivity index is 1.61. The summed E-state index contributed by atoms with van der Waals surface area (Å²) in [4.78, 5) is 17.8. The van der Waals surface area contributed by atoms with Crippen molar-refractivity contribution in [3.63, 3.8) is 0 Å². The summed E-state index contributed by atoms with van der Waals surface area (Å²) < 4.78 is 6.43. The van der Waals surface area contributed by atoms with Crippen LogP contribution in [0.3, 0.4) is 0 Å². The fraction of sp³-hybridized carbons (Fsp3) is 0.182. The number of hydrogen-bond donors (Lipinski definition) is 2. The summed E-state index contributed by atoms with van der Waals surface area (Å²) in [6, 6.07) is 13.5. The van der Waals surface area contributed by atoms with E-state index < -0.39 is 0 Å². The molecule has 4 aromatic rings. The number of nitrogen functional groups attached to an aromatic ring is 1. The maximum Gasteiger partial charge on any atom is 0.165 e. The van der Waals surface area contributed by atoms with E-state index in [1.807, 2.05) is 42.5 Å². The SMILES string of the molecule is Nc1ncnc2nc(-c3ccc(C4COCCN4O)nc3)cc(-c3cccc(Br)c3)c12. The van der Waals surface area contributed by atoms with Crippen LogP contribution in [0.2, 0.25) is 0 Å². The Hall–Kier alpha value is -2.98. The van der Waals surface area contributed by atoms with Crippen LogP contribution in [0.1, 0.15) is 11.7 Å². The van der Waals surface area contributed by atoms with Gasteiger partial charge in [0.25, 0.3) is 0 Å². The Kier molecular flexibility index (Phi) is 5.33. The molecule has 0 spiro atoms. The Bertz CT molecular complexity index is 1250. The first-order chi connectivity index (χ1) is 15.1. The van der Waals surface area contributed by atoms with E-state index in [1.165, 1.54) is 11.4 Å². The van der Waals surface area contributed by atoms with Gasteiger partial charge in [-0.2, -0.15) is 5.06 Å². The van der Waals surface area contributed by atoms with Crippen LogP contribution in [0.5, 0.6) is 0 Å². The molecule has 0 radical (unpaired) electrons. The van der Waals surface area contributed by atoms with Gasteiger partial charge in [-0.3, -0.25) is 4.98 Å². The quantitative estimate of drug-likeness (QED) is 0.456. The van der Waals surface area contributed by atoms with Crippen molar-refractivity contribution in [1.82, 2.24) is 25.0 Å². The van der Waals surface area contributed by atoms with Crippen LogP contribution in [0.4, 0.5) is 5.82 Å². The number of morpholine rings is 1. The fourth-order valence-corrected chi connectivity index (χ4v) is 4.11. The standard InChI is InChI=1S/C22H19BrN6O2/c23-15-3-1-2-13(8-15)16-9-18(28-22-20(16)21(24)26-12-27-22)14-4-5-17(25-10-14)19-11-31-7-6-29(19)30/h1-5,8-10,12,19,30H,6-7,11H2,(H2,24,26,27,28). The van der Waals surface area contributed by atoms with Crippen LogP contribution in [0, 0.1) is 0 Å². The summed E-state index contributed by atoms with van der Waals surface area (Å²) in [6.45, 7) is 1.37. The average Bonchev–Trinajstić information content (AvgIpc) is 2.79. The van der Waals surface area contributed by atoms with Gasteiger partial charge in [0.05, 0.1) is 30.0 Å². The second kappa shape index (κ2) is 8.27. The Morgan fingerprint density at radius 1 is 1.10 bits per heavy atom. The van der Waals surface area contributed by atoms with Crippen molar-refractivity contribution in [2.75, 3.05) is 25.5 Å². The normalized spacial score (nSPS) is 17.2. The molecule has 1 saturated heterocycles. The number of fused-ring (bicyclic) bond motifs is 1. The minimum Gasteiger partial charge on any atom is -0.383 e. The minimum atomic E-state index is -0.280. The van der Waals surface area contributed by atoms with Gasteiger partial charge in [-0.25, -0.2) is 15.0 Å². The van der Waals surface area contributed by atoms with E-state index in [2.05, 4.69) is 30.9 Å². The molecule has 1 fully saturated rings. The molecule has 0 bridgehead atoms. The molecule has 156 valence electrons. The summed E-state index contributed by atoms with van der Waals surface area (Å²) in [5, 5.41) is 12.1. The maximum atomic E-state index is 10.1. The summed E-state index contributed by atoms with van der Waals surface area (Å²) in [7, 11) is 0. The highest BCUT2D eigenvalue weighted by Crippen LogP contribution is 2.34. The van der Waals surface area contributed by atoms with Crippen molar-refractivity contribution >= 4 is 32.8 Å². The lowest BCUT2D eigenvalue weighted by Crippen LogP contribution is -2.37. The predicted molar refractivity (Wildman–Crippen MR) is 120 cm³/mol. The highest BCUT2D eigenvalue weighted by atomic mass is 79.9. The fourth-order valence-electron chi connectivity index (χ4n) is 3.71. The molecule has 0 amide bonds. The van der Waals surface area contributed by atoms with Crippen LogP contribution in [-0.2, 0) is 4.74 Å². The zero-order chi connectivity index (χ0) is 21.4. The number of nitrogens with zero attached hydrogens (tertiary/aromatic N) is 5. The molecule has 5 rings (SSSR count). The summed E-state index contributed by atoms with van der Waals surface area (Å²) in [6.07, 6.45) is 3.17. The number of hydrogen-bond acceptors (Lipinski definition) is 8. The monoisotopic (exact) mass is 478 g/mol. The first kappa shape index (κ1) is 20.0. The van der Waals surface area contributed by atoms with Crippen molar-refractivity contribution < 1.29 is 9.94 Å². The molecule has 0 saturated carbocycles. The van der Waals surface area contributed by atoms with E-state index in [9.17, 15) is 5.21 Å². The van der Waals surface area contributed by atoms with E-state index in [-0.39, 0.29) is 6.04 Å². The summed E-state index contributed by atoms with van der Waals surface area (Å²) in [5.74, 6) is 0.382. The number of rotatable bonds is 3. The molecule has 31 heavy (non-hydrogen) atoms. The van der Waals surface area contributed by atoms with Crippen LogP contribution in [0.15, 0.2) is 59.5 Å². The van der Waals surface area contributed by atoms with Gasteiger partial charge in [-0.05, 0) is 41.5 Å². The third-order valence-corrected chi connectivity index (χ3v) is 5.79. The number of aromatic nitrogens is 4. The molecule has 1 atom stereocenters. The Morgan fingerprint density at radius 2 is 2.00 bits per heavy atom. The number of ether oxygens (including phenoxy) is 1. The summed E-state index contributed by atoms with van der Waals surface area (Å²) >= 11 is 3.53. The molecular formula is C22H19BrN6O2. The van der Waals surface area contributed by atoms with Crippen molar-refractivity contribution in [3.8, 4) is 22.4 Å². The highest BCUT2D eigenvalue weighted by molar-refractivity contribution is 9.10. The molecule has 8 nitrogen and oxygen atoms in total.